The number of halogens is 1. The Labute approximate surface area is 124 Å². The lowest BCUT2D eigenvalue weighted by Crippen LogP contribution is -2.36. The van der Waals surface area contributed by atoms with Gasteiger partial charge in [0.05, 0.1) is 0 Å². The number of pyridine rings is 1. The molecular formula is C16H19ClN2O. The van der Waals surface area contributed by atoms with Crippen LogP contribution < -0.4 is 10.1 Å². The van der Waals surface area contributed by atoms with Crippen LogP contribution in [-0.2, 0) is 6.42 Å². The van der Waals surface area contributed by atoms with Gasteiger partial charge in [-0.3, -0.25) is 4.98 Å². The summed E-state index contributed by atoms with van der Waals surface area (Å²) in [6.45, 7) is 3.62. The molecule has 1 N–H and O–H groups in total. The number of benzene rings is 1. The number of nitrogens with zero attached hydrogens (tertiary/aromatic N) is 1. The molecule has 1 aromatic heterocycles. The highest BCUT2D eigenvalue weighted by atomic mass is 35.5. The zero-order chi connectivity index (χ0) is 14.2. The van der Waals surface area contributed by atoms with E-state index in [1.54, 1.807) is 6.20 Å². The average Bonchev–Trinajstić information content (AvgIpc) is 2.48. The lowest BCUT2D eigenvalue weighted by Gasteiger charge is -2.18. The van der Waals surface area contributed by atoms with Gasteiger partial charge in [0.15, 0.2) is 0 Å². The van der Waals surface area contributed by atoms with E-state index in [1.165, 1.54) is 5.56 Å². The van der Waals surface area contributed by atoms with E-state index in [4.69, 9.17) is 16.3 Å². The van der Waals surface area contributed by atoms with Gasteiger partial charge in [0.1, 0.15) is 12.4 Å². The highest BCUT2D eigenvalue weighted by molar-refractivity contribution is 6.30. The Kier molecular flexibility index (Phi) is 5.84. The first-order valence-corrected chi connectivity index (χ1v) is 7.16. The summed E-state index contributed by atoms with van der Waals surface area (Å²) < 4.78 is 5.81. The molecule has 3 nitrogen and oxygen atoms in total. The largest absolute Gasteiger partial charge is 0.492 e. The fourth-order valence-corrected chi connectivity index (χ4v) is 2.14. The summed E-state index contributed by atoms with van der Waals surface area (Å²) in [5.74, 6) is 0.837. The van der Waals surface area contributed by atoms with E-state index >= 15 is 0 Å². The van der Waals surface area contributed by atoms with Crippen LogP contribution in [0.15, 0.2) is 48.8 Å². The number of nitrogens with one attached hydrogen (secondary N) is 1. The number of hydrogen-bond donors (Lipinski definition) is 1. The first-order chi connectivity index (χ1) is 9.78. The Bertz CT molecular complexity index is 502. The van der Waals surface area contributed by atoms with Crippen LogP contribution in [0.25, 0.3) is 0 Å². The third-order valence-corrected chi connectivity index (χ3v) is 3.21. The van der Waals surface area contributed by atoms with E-state index in [0.717, 1.165) is 23.7 Å². The summed E-state index contributed by atoms with van der Waals surface area (Å²) in [6.07, 6.45) is 4.58. The molecule has 1 unspecified atom stereocenters. The number of ether oxygens (including phenoxy) is 1. The topological polar surface area (TPSA) is 34.1 Å². The predicted molar refractivity (Wildman–Crippen MR) is 82.4 cm³/mol. The van der Waals surface area contributed by atoms with Crippen LogP contribution in [0.1, 0.15) is 12.5 Å². The molecule has 2 rings (SSSR count). The molecule has 1 heterocycles. The first-order valence-electron chi connectivity index (χ1n) is 6.78. The van der Waals surface area contributed by atoms with E-state index in [2.05, 4.69) is 23.3 Å². The van der Waals surface area contributed by atoms with Crippen LogP contribution in [0.5, 0.6) is 5.75 Å². The van der Waals surface area contributed by atoms with Crippen LogP contribution in [0.3, 0.4) is 0 Å². The molecule has 0 amide bonds. The SMILES string of the molecule is CCNC(COc1ccc(Cl)cc1)Cc1cccnc1. The minimum Gasteiger partial charge on any atom is -0.492 e. The van der Waals surface area contributed by atoms with Crippen molar-refractivity contribution in [1.82, 2.24) is 10.3 Å². The molecule has 0 aliphatic rings. The normalized spacial score (nSPS) is 12.1. The van der Waals surface area contributed by atoms with Crippen molar-refractivity contribution in [1.29, 1.82) is 0 Å². The van der Waals surface area contributed by atoms with Crippen molar-refractivity contribution >= 4 is 11.6 Å². The Morgan fingerprint density at radius 2 is 2.05 bits per heavy atom. The summed E-state index contributed by atoms with van der Waals surface area (Å²) in [5.41, 5.74) is 1.21. The van der Waals surface area contributed by atoms with E-state index in [1.807, 2.05) is 36.5 Å². The van der Waals surface area contributed by atoms with Gasteiger partial charge < -0.3 is 10.1 Å². The van der Waals surface area contributed by atoms with Crippen molar-refractivity contribution in [3.8, 4) is 5.75 Å². The first kappa shape index (κ1) is 14.8. The third kappa shape index (κ3) is 4.83. The minimum absolute atomic E-state index is 0.264. The standard InChI is InChI=1S/C16H19ClN2O/c1-2-19-15(10-13-4-3-9-18-11-13)12-20-16-7-5-14(17)6-8-16/h3-9,11,15,19H,2,10,12H2,1H3. The lowest BCUT2D eigenvalue weighted by molar-refractivity contribution is 0.265. The Morgan fingerprint density at radius 1 is 1.25 bits per heavy atom. The number of aromatic nitrogens is 1. The molecule has 0 saturated carbocycles. The smallest absolute Gasteiger partial charge is 0.119 e. The fraction of sp³-hybridized carbons (Fsp3) is 0.312. The molecule has 0 radical (unpaired) electrons. The zero-order valence-electron chi connectivity index (χ0n) is 11.6. The van der Waals surface area contributed by atoms with Crippen LogP contribution in [0.4, 0.5) is 0 Å². The van der Waals surface area contributed by atoms with Gasteiger partial charge >= 0.3 is 0 Å². The van der Waals surface area contributed by atoms with Crippen molar-refractivity contribution in [2.45, 2.75) is 19.4 Å². The van der Waals surface area contributed by atoms with E-state index in [-0.39, 0.29) is 6.04 Å². The zero-order valence-corrected chi connectivity index (χ0v) is 12.3. The van der Waals surface area contributed by atoms with Crippen LogP contribution in [-0.4, -0.2) is 24.2 Å². The number of hydrogen-bond acceptors (Lipinski definition) is 3. The summed E-state index contributed by atoms with van der Waals surface area (Å²) in [6, 6.07) is 11.7. The van der Waals surface area contributed by atoms with Crippen molar-refractivity contribution in [3.05, 3.63) is 59.4 Å². The molecule has 0 aliphatic carbocycles. The molecule has 1 atom stereocenters. The minimum atomic E-state index is 0.264. The van der Waals surface area contributed by atoms with Crippen molar-refractivity contribution < 1.29 is 4.74 Å². The summed E-state index contributed by atoms with van der Waals surface area (Å²) in [5, 5.41) is 4.15. The average molecular weight is 291 g/mol. The molecule has 0 aliphatic heterocycles. The predicted octanol–water partition coefficient (Wildman–Crippen LogP) is 3.33. The van der Waals surface area contributed by atoms with Gasteiger partial charge in [-0.25, -0.2) is 0 Å². The second-order valence-corrected chi connectivity index (χ2v) is 5.02. The molecule has 106 valence electrons. The molecule has 0 fully saturated rings. The van der Waals surface area contributed by atoms with Crippen molar-refractivity contribution in [3.63, 3.8) is 0 Å². The summed E-state index contributed by atoms with van der Waals surface area (Å²) in [4.78, 5) is 4.14. The Hall–Kier alpha value is -1.58. The van der Waals surface area contributed by atoms with Gasteiger partial charge in [-0.15, -0.1) is 0 Å². The van der Waals surface area contributed by atoms with Crippen LogP contribution >= 0.6 is 11.6 Å². The molecule has 0 saturated heterocycles. The highest BCUT2D eigenvalue weighted by Crippen LogP contribution is 2.16. The monoisotopic (exact) mass is 290 g/mol. The molecule has 4 heteroatoms. The van der Waals surface area contributed by atoms with Crippen LogP contribution in [0, 0.1) is 0 Å². The lowest BCUT2D eigenvalue weighted by atomic mass is 10.1. The molecular weight excluding hydrogens is 272 g/mol. The number of likely N-dealkylation sites (N-methyl/N-ethyl adjacent to an activating group) is 1. The quantitative estimate of drug-likeness (QED) is 0.849. The van der Waals surface area contributed by atoms with E-state index in [0.29, 0.717) is 6.61 Å². The molecule has 20 heavy (non-hydrogen) atoms. The molecule has 1 aromatic carbocycles. The second kappa shape index (κ2) is 7.88. The Morgan fingerprint density at radius 3 is 2.70 bits per heavy atom. The summed E-state index contributed by atoms with van der Waals surface area (Å²) >= 11 is 5.86. The maximum Gasteiger partial charge on any atom is 0.119 e. The Balaban J connectivity index is 1.90. The number of rotatable bonds is 7. The maximum absolute atomic E-state index is 5.86. The van der Waals surface area contributed by atoms with Gasteiger partial charge in [-0.1, -0.05) is 24.6 Å². The maximum atomic E-state index is 5.86. The van der Waals surface area contributed by atoms with Gasteiger partial charge in [0, 0.05) is 23.5 Å². The summed E-state index contributed by atoms with van der Waals surface area (Å²) in [7, 11) is 0. The van der Waals surface area contributed by atoms with Crippen molar-refractivity contribution in [2.75, 3.05) is 13.2 Å². The van der Waals surface area contributed by atoms with E-state index in [9.17, 15) is 0 Å². The highest BCUT2D eigenvalue weighted by Gasteiger charge is 2.09. The van der Waals surface area contributed by atoms with Crippen LogP contribution in [0.2, 0.25) is 5.02 Å². The third-order valence-electron chi connectivity index (χ3n) is 2.96. The fourth-order valence-electron chi connectivity index (χ4n) is 2.01. The van der Waals surface area contributed by atoms with Gasteiger partial charge in [0.25, 0.3) is 0 Å². The second-order valence-electron chi connectivity index (χ2n) is 4.58. The van der Waals surface area contributed by atoms with E-state index < -0.39 is 0 Å². The van der Waals surface area contributed by atoms with Gasteiger partial charge in [-0.05, 0) is 48.9 Å². The van der Waals surface area contributed by atoms with Crippen molar-refractivity contribution in [2.24, 2.45) is 0 Å². The van der Waals surface area contributed by atoms with Gasteiger partial charge in [0.2, 0.25) is 0 Å². The molecule has 2 aromatic rings. The molecule has 0 bridgehead atoms. The van der Waals surface area contributed by atoms with Gasteiger partial charge in [-0.2, -0.15) is 0 Å². The molecule has 0 spiro atoms.